The number of aliphatic hydroxyl groups excluding tert-OH is 4. The molecule has 0 aliphatic rings. The lowest BCUT2D eigenvalue weighted by atomic mass is 10.1. The minimum Gasteiger partial charge on any atom is -0.394 e. The van der Waals surface area contributed by atoms with E-state index in [0.717, 1.165) is 0 Å². The van der Waals surface area contributed by atoms with Crippen molar-refractivity contribution in [2.45, 2.75) is 25.2 Å². The van der Waals surface area contributed by atoms with Crippen LogP contribution in [0.1, 0.15) is 6.92 Å². The molecule has 0 saturated heterocycles. The highest BCUT2D eigenvalue weighted by Gasteiger charge is 2.19. The molecule has 2 unspecified atom stereocenters. The summed E-state index contributed by atoms with van der Waals surface area (Å²) in [6, 6.07) is 0. The van der Waals surface area contributed by atoms with Gasteiger partial charge < -0.3 is 20.4 Å². The number of aliphatic hydroxyl groups is 4. The van der Waals surface area contributed by atoms with Crippen LogP contribution in [-0.2, 0) is 0 Å². The highest BCUT2D eigenvalue weighted by atomic mass is 16.4. The van der Waals surface area contributed by atoms with Crippen molar-refractivity contribution in [2.75, 3.05) is 6.61 Å². The second-order valence-corrected chi connectivity index (χ2v) is 1.98. The molecule has 0 heterocycles. The molecule has 9 heavy (non-hydrogen) atoms. The molecular weight excluding hydrogens is 124 g/mol. The Labute approximate surface area is 53.4 Å². The third-order valence-electron chi connectivity index (χ3n) is 1.08. The lowest BCUT2D eigenvalue weighted by Crippen LogP contribution is -2.37. The van der Waals surface area contributed by atoms with Crippen LogP contribution in [-0.4, -0.2) is 45.3 Å². The Morgan fingerprint density at radius 2 is 1.67 bits per heavy atom. The third kappa shape index (κ3) is 2.76. The fourth-order valence-corrected chi connectivity index (χ4v) is 0.429. The monoisotopic (exact) mass is 136 g/mol. The molecule has 0 amide bonds. The molecular formula is C5H12O4. The molecule has 4 heteroatoms. The first-order valence-corrected chi connectivity index (χ1v) is 2.74. The van der Waals surface area contributed by atoms with E-state index in [1.807, 2.05) is 0 Å². The van der Waals surface area contributed by atoms with Crippen molar-refractivity contribution in [3.8, 4) is 0 Å². The Hall–Kier alpha value is -0.160. The zero-order valence-corrected chi connectivity index (χ0v) is 5.23. The van der Waals surface area contributed by atoms with Crippen LogP contribution in [0, 0.1) is 0 Å². The van der Waals surface area contributed by atoms with Crippen LogP contribution in [0.15, 0.2) is 0 Å². The van der Waals surface area contributed by atoms with Crippen molar-refractivity contribution in [3.05, 3.63) is 0 Å². The maximum atomic E-state index is 8.73. The van der Waals surface area contributed by atoms with Gasteiger partial charge in [-0.25, -0.2) is 0 Å². The van der Waals surface area contributed by atoms with Crippen molar-refractivity contribution in [1.29, 1.82) is 0 Å². The van der Waals surface area contributed by atoms with Crippen molar-refractivity contribution in [1.82, 2.24) is 0 Å². The predicted molar refractivity (Wildman–Crippen MR) is 30.8 cm³/mol. The average molecular weight is 136 g/mol. The molecule has 0 saturated carbocycles. The fourth-order valence-electron chi connectivity index (χ4n) is 0.429. The zero-order valence-electron chi connectivity index (χ0n) is 5.23. The van der Waals surface area contributed by atoms with E-state index in [1.165, 1.54) is 6.92 Å². The molecule has 56 valence electrons. The highest BCUT2D eigenvalue weighted by molar-refractivity contribution is 4.70. The lowest BCUT2D eigenvalue weighted by molar-refractivity contribution is -0.0698. The van der Waals surface area contributed by atoms with E-state index in [2.05, 4.69) is 0 Å². The topological polar surface area (TPSA) is 80.9 Å². The standard InChI is InChI=1S/C5H12O4/c1-3(7)5(9)4(8)2-6/h3-9H,2H2,1H3/t3?,4-,5?/m0/s1. The first kappa shape index (κ1) is 8.84. The van der Waals surface area contributed by atoms with Crippen LogP contribution in [0.4, 0.5) is 0 Å². The second-order valence-electron chi connectivity index (χ2n) is 1.98. The smallest absolute Gasteiger partial charge is 0.108 e. The normalized spacial score (nSPS) is 21.0. The SMILES string of the molecule is CC(O)C(O)[C@@H](O)CO. The Morgan fingerprint density at radius 3 is 1.78 bits per heavy atom. The molecule has 4 nitrogen and oxygen atoms in total. The Kier molecular flexibility index (Phi) is 3.72. The summed E-state index contributed by atoms with van der Waals surface area (Å²) in [5.41, 5.74) is 0. The molecule has 0 aromatic rings. The second kappa shape index (κ2) is 3.79. The van der Waals surface area contributed by atoms with Gasteiger partial charge in [-0.2, -0.15) is 0 Å². The quantitative estimate of drug-likeness (QED) is 0.364. The maximum absolute atomic E-state index is 8.73. The van der Waals surface area contributed by atoms with Crippen LogP contribution in [0.25, 0.3) is 0 Å². The molecule has 3 atom stereocenters. The lowest BCUT2D eigenvalue weighted by Gasteiger charge is -2.17. The Morgan fingerprint density at radius 1 is 1.22 bits per heavy atom. The number of rotatable bonds is 3. The molecule has 0 aliphatic carbocycles. The number of hydrogen-bond acceptors (Lipinski definition) is 4. The molecule has 0 aromatic heterocycles. The van der Waals surface area contributed by atoms with Gasteiger partial charge in [0.1, 0.15) is 12.2 Å². The van der Waals surface area contributed by atoms with Crippen molar-refractivity contribution >= 4 is 0 Å². The summed E-state index contributed by atoms with van der Waals surface area (Å²) >= 11 is 0. The van der Waals surface area contributed by atoms with Crippen LogP contribution in [0.3, 0.4) is 0 Å². The highest BCUT2D eigenvalue weighted by Crippen LogP contribution is 1.97. The van der Waals surface area contributed by atoms with Gasteiger partial charge >= 0.3 is 0 Å². The van der Waals surface area contributed by atoms with Gasteiger partial charge in [-0.15, -0.1) is 0 Å². The zero-order chi connectivity index (χ0) is 7.44. The summed E-state index contributed by atoms with van der Waals surface area (Å²) in [6.45, 7) is 0.801. The van der Waals surface area contributed by atoms with Gasteiger partial charge in [-0.1, -0.05) is 0 Å². The molecule has 0 spiro atoms. The Balaban J connectivity index is 3.58. The van der Waals surface area contributed by atoms with E-state index < -0.39 is 24.9 Å². The van der Waals surface area contributed by atoms with Gasteiger partial charge in [0.25, 0.3) is 0 Å². The van der Waals surface area contributed by atoms with E-state index >= 15 is 0 Å². The molecule has 0 radical (unpaired) electrons. The molecule has 0 aromatic carbocycles. The minimum atomic E-state index is -1.25. The van der Waals surface area contributed by atoms with Crippen molar-refractivity contribution in [2.24, 2.45) is 0 Å². The summed E-state index contributed by atoms with van der Waals surface area (Å²) in [7, 11) is 0. The summed E-state index contributed by atoms with van der Waals surface area (Å²) in [5.74, 6) is 0. The minimum absolute atomic E-state index is 0.536. The summed E-state index contributed by atoms with van der Waals surface area (Å²) in [4.78, 5) is 0. The molecule has 0 aliphatic heterocycles. The van der Waals surface area contributed by atoms with E-state index in [1.54, 1.807) is 0 Å². The van der Waals surface area contributed by atoms with E-state index in [9.17, 15) is 0 Å². The molecule has 4 N–H and O–H groups in total. The maximum Gasteiger partial charge on any atom is 0.108 e. The summed E-state index contributed by atoms with van der Waals surface area (Å²) in [5, 5.41) is 34.2. The van der Waals surface area contributed by atoms with Gasteiger partial charge in [0.2, 0.25) is 0 Å². The van der Waals surface area contributed by atoms with Crippen molar-refractivity contribution in [3.63, 3.8) is 0 Å². The van der Waals surface area contributed by atoms with Gasteiger partial charge in [0, 0.05) is 0 Å². The molecule has 0 fully saturated rings. The average Bonchev–Trinajstić information content (AvgIpc) is 1.84. The van der Waals surface area contributed by atoms with Gasteiger partial charge in [-0.05, 0) is 6.92 Å². The Bertz CT molecular complexity index is 73.4. The summed E-state index contributed by atoms with van der Waals surface area (Å²) < 4.78 is 0. The van der Waals surface area contributed by atoms with Gasteiger partial charge in [0.05, 0.1) is 12.7 Å². The van der Waals surface area contributed by atoms with Crippen LogP contribution < -0.4 is 0 Å². The van der Waals surface area contributed by atoms with Crippen molar-refractivity contribution < 1.29 is 20.4 Å². The summed E-state index contributed by atoms with van der Waals surface area (Å²) in [6.07, 6.45) is -3.51. The first-order chi connectivity index (χ1) is 4.09. The number of hydrogen-bond donors (Lipinski definition) is 4. The van der Waals surface area contributed by atoms with E-state index in [0.29, 0.717) is 0 Å². The van der Waals surface area contributed by atoms with E-state index in [4.69, 9.17) is 20.4 Å². The van der Waals surface area contributed by atoms with Crippen LogP contribution >= 0.6 is 0 Å². The predicted octanol–water partition coefficient (Wildman–Crippen LogP) is -1.92. The largest absolute Gasteiger partial charge is 0.394 e. The van der Waals surface area contributed by atoms with Gasteiger partial charge in [0.15, 0.2) is 0 Å². The molecule has 0 bridgehead atoms. The first-order valence-electron chi connectivity index (χ1n) is 2.74. The van der Waals surface area contributed by atoms with Crippen LogP contribution in [0.2, 0.25) is 0 Å². The van der Waals surface area contributed by atoms with Crippen LogP contribution in [0.5, 0.6) is 0 Å². The van der Waals surface area contributed by atoms with Gasteiger partial charge in [-0.3, -0.25) is 0 Å². The third-order valence-corrected chi connectivity index (χ3v) is 1.08. The molecule has 0 rings (SSSR count). The fraction of sp³-hybridized carbons (Fsp3) is 1.00. The van der Waals surface area contributed by atoms with E-state index in [-0.39, 0.29) is 0 Å².